The molecule has 10 rings (SSSR count). The number of ketones is 1. The van der Waals surface area contributed by atoms with Crippen LogP contribution in [0.1, 0.15) is 51.1 Å². The fourth-order valence-corrected chi connectivity index (χ4v) is 11.0. The molecule has 66 heavy (non-hydrogen) atoms. The van der Waals surface area contributed by atoms with E-state index in [0.717, 1.165) is 84.8 Å². The smallest absolute Gasteiger partial charge is 0.301 e. The van der Waals surface area contributed by atoms with Crippen molar-refractivity contribution in [3.8, 4) is 16.9 Å². The molecule has 16 nitrogen and oxygen atoms in total. The number of anilines is 3. The number of pyridine rings is 1. The van der Waals surface area contributed by atoms with Gasteiger partial charge in [0, 0.05) is 124 Å². The highest BCUT2D eigenvalue weighted by atomic mass is 32.2. The third kappa shape index (κ3) is 7.99. The molecule has 4 saturated heterocycles. The molecule has 3 aromatic carbocycles. The Morgan fingerprint density at radius 1 is 0.909 bits per heavy atom. The van der Waals surface area contributed by atoms with Crippen molar-refractivity contribution >= 4 is 61.8 Å². The molecular formula is C46H46F3N9O7S. The summed E-state index contributed by atoms with van der Waals surface area (Å²) in [7, 11) is -2.82. The first-order valence-corrected chi connectivity index (χ1v) is 23.3. The number of nitrogens with one attached hydrogen (secondary N) is 3. The van der Waals surface area contributed by atoms with Crippen LogP contribution in [-0.4, -0.2) is 134 Å². The number of aromatic amines is 1. The summed E-state index contributed by atoms with van der Waals surface area (Å²) in [4.78, 5) is 67.4. The Labute approximate surface area is 377 Å². The van der Waals surface area contributed by atoms with E-state index in [-0.39, 0.29) is 43.3 Å². The van der Waals surface area contributed by atoms with Gasteiger partial charge in [0.2, 0.25) is 17.6 Å². The molecule has 3 N–H and O–H groups in total. The van der Waals surface area contributed by atoms with Gasteiger partial charge in [-0.3, -0.25) is 34.1 Å². The predicted molar refractivity (Wildman–Crippen MR) is 238 cm³/mol. The molecule has 2 atom stereocenters. The van der Waals surface area contributed by atoms with Crippen molar-refractivity contribution in [2.75, 3.05) is 80.5 Å². The van der Waals surface area contributed by atoms with Gasteiger partial charge in [-0.05, 0) is 60.4 Å². The van der Waals surface area contributed by atoms with Gasteiger partial charge < -0.3 is 24.4 Å². The summed E-state index contributed by atoms with van der Waals surface area (Å²) in [5, 5.41) is 2.67. The molecule has 0 bridgehead atoms. The van der Waals surface area contributed by atoms with Gasteiger partial charge in [-0.2, -0.15) is 12.7 Å². The van der Waals surface area contributed by atoms with Gasteiger partial charge in [0.1, 0.15) is 29.4 Å². The second-order valence-corrected chi connectivity index (χ2v) is 19.1. The summed E-state index contributed by atoms with van der Waals surface area (Å²) in [6.07, 6.45) is 2.09. The standard InChI is InChI=1S/C46H46F3N9O7S/c1-65-38-18-32(16-29-24-58(46(62)40(29)38)37-8-9-39(59)52-45(37)61)56-22-26(23-56)21-54-12-14-55(15-13-54)31-4-2-27(3-5-31)28-17-33-34(20-51-44(33)50-19-28)43(60)41-35(48)6-7-36(42(41)49)53-66(63,64)57-11-10-30(47)25-57/h2-7,16-20,26,30,37,53H,8-15,21-25H2,1H3,(H,50,51)(H,52,59,61)/t30-,37?/m1/s1. The van der Waals surface area contributed by atoms with Gasteiger partial charge >= 0.3 is 10.2 Å². The average molecular weight is 926 g/mol. The van der Waals surface area contributed by atoms with E-state index in [1.807, 2.05) is 41.1 Å². The average Bonchev–Trinajstić information content (AvgIpc) is 4.02. The highest BCUT2D eigenvalue weighted by Crippen LogP contribution is 2.39. The SMILES string of the molecule is COc1cc(N2CC(CN3CCN(c4ccc(-c5cnc6[nH]cc(C(=O)c7c(F)ccc(NS(=O)(=O)N8CC[C@@H](F)C8)c7F)c6c5)cc4)CC3)C2)cc2c1C(=O)N(C1CCC(=O)NC1=O)C2. The van der Waals surface area contributed by atoms with Crippen LogP contribution in [0.15, 0.2) is 67.0 Å². The van der Waals surface area contributed by atoms with Crippen molar-refractivity contribution in [1.29, 1.82) is 0 Å². The van der Waals surface area contributed by atoms with Crippen LogP contribution < -0.4 is 24.6 Å². The van der Waals surface area contributed by atoms with Crippen LogP contribution in [0.2, 0.25) is 0 Å². The van der Waals surface area contributed by atoms with E-state index in [4.69, 9.17) is 4.74 Å². The number of ether oxygens (including phenoxy) is 1. The van der Waals surface area contributed by atoms with Crippen LogP contribution in [0.5, 0.6) is 5.75 Å². The number of aromatic nitrogens is 2. The minimum atomic E-state index is -4.36. The third-order valence-corrected chi connectivity index (χ3v) is 14.8. The number of methoxy groups -OCH3 is 1. The third-order valence-electron chi connectivity index (χ3n) is 13.3. The normalized spacial score (nSPS) is 20.8. The number of halogens is 3. The molecule has 0 radical (unpaired) electrons. The van der Waals surface area contributed by atoms with Gasteiger partial charge in [-0.1, -0.05) is 12.1 Å². The number of imide groups is 1. The van der Waals surface area contributed by atoms with Crippen LogP contribution in [0.25, 0.3) is 22.2 Å². The minimum Gasteiger partial charge on any atom is -0.496 e. The zero-order valence-corrected chi connectivity index (χ0v) is 36.7. The number of amides is 3. The Morgan fingerprint density at radius 3 is 2.39 bits per heavy atom. The monoisotopic (exact) mass is 925 g/mol. The van der Waals surface area contributed by atoms with Crippen molar-refractivity contribution in [1.82, 2.24) is 29.4 Å². The highest BCUT2D eigenvalue weighted by molar-refractivity contribution is 7.90. The van der Waals surface area contributed by atoms with Crippen molar-refractivity contribution < 1.29 is 45.5 Å². The van der Waals surface area contributed by atoms with Crippen molar-refractivity contribution in [2.24, 2.45) is 5.92 Å². The molecule has 5 aliphatic rings. The van der Waals surface area contributed by atoms with Gasteiger partial charge in [0.15, 0.2) is 5.82 Å². The number of H-pyrrole nitrogens is 1. The fourth-order valence-electron chi connectivity index (χ4n) is 9.75. The molecule has 2 aromatic heterocycles. The molecule has 3 amide bonds. The number of benzene rings is 3. The number of carbonyl (C=O) groups is 4. The quantitative estimate of drug-likeness (QED) is 0.119. The topological polar surface area (TPSA) is 181 Å². The number of hydrogen-bond acceptors (Lipinski definition) is 11. The van der Waals surface area contributed by atoms with E-state index in [9.17, 15) is 32.0 Å². The van der Waals surface area contributed by atoms with E-state index in [1.165, 1.54) is 18.2 Å². The number of piperazine rings is 1. The minimum absolute atomic E-state index is 0.000317. The number of nitrogens with zero attached hydrogens (tertiary/aromatic N) is 6. The maximum absolute atomic E-state index is 15.8. The Balaban J connectivity index is 0.746. The molecule has 20 heteroatoms. The number of piperidine rings is 1. The number of fused-ring (bicyclic) bond motifs is 2. The van der Waals surface area contributed by atoms with E-state index >= 15 is 8.78 Å². The van der Waals surface area contributed by atoms with E-state index in [2.05, 4.69) is 30.0 Å². The molecular weight excluding hydrogens is 880 g/mol. The molecule has 0 spiro atoms. The first kappa shape index (κ1) is 43.4. The number of hydrogen-bond donors (Lipinski definition) is 3. The van der Waals surface area contributed by atoms with Gasteiger partial charge in [0.05, 0.1) is 23.9 Å². The molecule has 0 saturated carbocycles. The Kier molecular flexibility index (Phi) is 11.2. The molecule has 4 fully saturated rings. The van der Waals surface area contributed by atoms with Crippen molar-refractivity contribution in [3.05, 3.63) is 101 Å². The van der Waals surface area contributed by atoms with Gasteiger partial charge in [0.25, 0.3) is 5.91 Å². The predicted octanol–water partition coefficient (Wildman–Crippen LogP) is 4.47. The second kappa shape index (κ2) is 17.0. The number of alkyl halides is 1. The highest BCUT2D eigenvalue weighted by Gasteiger charge is 2.42. The van der Waals surface area contributed by atoms with Crippen LogP contribution in [0.3, 0.4) is 0 Å². The fraction of sp³-hybridized carbons (Fsp3) is 0.370. The van der Waals surface area contributed by atoms with Crippen molar-refractivity contribution in [3.63, 3.8) is 0 Å². The van der Waals surface area contributed by atoms with Crippen LogP contribution in [-0.2, 0) is 26.3 Å². The van der Waals surface area contributed by atoms with E-state index in [0.29, 0.717) is 40.2 Å². The number of carbonyl (C=O) groups excluding carboxylic acids is 4. The second-order valence-electron chi connectivity index (χ2n) is 17.5. The first-order chi connectivity index (χ1) is 31.7. The van der Waals surface area contributed by atoms with E-state index < -0.39 is 63.5 Å². The zero-order valence-electron chi connectivity index (χ0n) is 35.9. The Morgan fingerprint density at radius 2 is 1.68 bits per heavy atom. The summed E-state index contributed by atoms with van der Waals surface area (Å²) in [5.41, 5.74) is 3.48. The Hall–Kier alpha value is -6.51. The first-order valence-electron chi connectivity index (χ1n) is 21.8. The summed E-state index contributed by atoms with van der Waals surface area (Å²) in [5.74, 6) is -3.66. The largest absolute Gasteiger partial charge is 0.496 e. The number of rotatable bonds is 12. The maximum atomic E-state index is 15.8. The lowest BCUT2D eigenvalue weighted by Gasteiger charge is -2.45. The van der Waals surface area contributed by atoms with E-state index in [1.54, 1.807) is 12.3 Å². The lowest BCUT2D eigenvalue weighted by Crippen LogP contribution is -2.55. The summed E-state index contributed by atoms with van der Waals surface area (Å²) >= 11 is 0. The lowest BCUT2D eigenvalue weighted by atomic mass is 9.96. The van der Waals surface area contributed by atoms with Crippen molar-refractivity contribution in [2.45, 2.75) is 38.0 Å². The molecule has 7 heterocycles. The molecule has 5 aliphatic heterocycles. The zero-order chi connectivity index (χ0) is 46.0. The van der Waals surface area contributed by atoms with Gasteiger partial charge in [-0.15, -0.1) is 0 Å². The van der Waals surface area contributed by atoms with Crippen LogP contribution >= 0.6 is 0 Å². The Bertz CT molecular complexity index is 2900. The maximum Gasteiger partial charge on any atom is 0.301 e. The summed E-state index contributed by atoms with van der Waals surface area (Å²) < 4.78 is 78.8. The molecule has 1 unspecified atom stereocenters. The van der Waals surface area contributed by atoms with Gasteiger partial charge in [-0.25, -0.2) is 18.2 Å². The summed E-state index contributed by atoms with van der Waals surface area (Å²) in [6.45, 7) is 5.93. The summed E-state index contributed by atoms with van der Waals surface area (Å²) in [6, 6.07) is 14.6. The molecule has 0 aliphatic carbocycles. The molecule has 5 aromatic rings. The van der Waals surface area contributed by atoms with Crippen LogP contribution in [0.4, 0.5) is 30.2 Å². The lowest BCUT2D eigenvalue weighted by molar-refractivity contribution is -0.136. The molecule has 344 valence electrons. The van der Waals surface area contributed by atoms with Crippen LogP contribution in [0, 0.1) is 17.6 Å².